The van der Waals surface area contributed by atoms with Crippen LogP contribution in [0.2, 0.25) is 0 Å². The van der Waals surface area contributed by atoms with E-state index in [0.29, 0.717) is 6.07 Å². The SMILES string of the molecule is C/C(=C\c1cc(C(F)(F)F)cc(Br)c1O)C(=O)O. The predicted molar refractivity (Wildman–Crippen MR) is 62.1 cm³/mol. The van der Waals surface area contributed by atoms with E-state index >= 15 is 0 Å². The first-order valence-corrected chi connectivity index (χ1v) is 5.43. The molecular weight excluding hydrogens is 317 g/mol. The molecule has 0 saturated heterocycles. The number of hydrogen-bond acceptors (Lipinski definition) is 2. The number of carboxylic acids is 1. The van der Waals surface area contributed by atoms with E-state index in [9.17, 15) is 23.1 Å². The number of carboxylic acid groups (broad SMARTS) is 1. The van der Waals surface area contributed by atoms with Crippen LogP contribution in [0.4, 0.5) is 13.2 Å². The van der Waals surface area contributed by atoms with E-state index in [1.165, 1.54) is 6.92 Å². The maximum atomic E-state index is 12.5. The molecular formula is C11H8BrF3O3. The smallest absolute Gasteiger partial charge is 0.416 e. The van der Waals surface area contributed by atoms with Crippen molar-refractivity contribution in [3.05, 3.63) is 33.3 Å². The third kappa shape index (κ3) is 3.25. The molecule has 0 unspecified atom stereocenters. The molecule has 18 heavy (non-hydrogen) atoms. The summed E-state index contributed by atoms with van der Waals surface area (Å²) in [6.45, 7) is 1.22. The number of phenols is 1. The van der Waals surface area contributed by atoms with Crippen molar-refractivity contribution in [2.24, 2.45) is 0 Å². The van der Waals surface area contributed by atoms with Crippen LogP contribution in [-0.2, 0) is 11.0 Å². The summed E-state index contributed by atoms with van der Waals surface area (Å²) >= 11 is 2.79. The number of aliphatic carboxylic acids is 1. The van der Waals surface area contributed by atoms with Crippen molar-refractivity contribution in [1.29, 1.82) is 0 Å². The Kier molecular flexibility index (Phi) is 4.05. The molecule has 2 N–H and O–H groups in total. The summed E-state index contributed by atoms with van der Waals surface area (Å²) in [7, 11) is 0. The summed E-state index contributed by atoms with van der Waals surface area (Å²) in [5, 5.41) is 18.2. The van der Waals surface area contributed by atoms with Crippen molar-refractivity contribution in [3.8, 4) is 5.75 Å². The topological polar surface area (TPSA) is 57.5 Å². The third-order valence-electron chi connectivity index (χ3n) is 2.13. The zero-order valence-corrected chi connectivity index (χ0v) is 10.6. The second-order valence-electron chi connectivity index (χ2n) is 3.53. The summed E-state index contributed by atoms with van der Waals surface area (Å²) in [6.07, 6.45) is -3.60. The van der Waals surface area contributed by atoms with Crippen LogP contribution in [0.3, 0.4) is 0 Å². The zero-order chi connectivity index (χ0) is 14.1. The first kappa shape index (κ1) is 14.6. The number of aromatic hydroxyl groups is 1. The van der Waals surface area contributed by atoms with Gasteiger partial charge in [-0.15, -0.1) is 0 Å². The van der Waals surface area contributed by atoms with E-state index in [-0.39, 0.29) is 15.6 Å². The molecule has 0 aliphatic heterocycles. The summed E-state index contributed by atoms with van der Waals surface area (Å²) in [5.41, 5.74) is -1.37. The normalized spacial score (nSPS) is 12.6. The maximum absolute atomic E-state index is 12.5. The van der Waals surface area contributed by atoms with Gasteiger partial charge in [-0.25, -0.2) is 4.79 Å². The number of phenolic OH excluding ortho intramolecular Hbond substituents is 1. The first-order valence-electron chi connectivity index (χ1n) is 4.64. The molecule has 0 heterocycles. The number of alkyl halides is 3. The highest BCUT2D eigenvalue weighted by molar-refractivity contribution is 9.10. The lowest BCUT2D eigenvalue weighted by Crippen LogP contribution is -2.05. The van der Waals surface area contributed by atoms with Crippen molar-refractivity contribution in [1.82, 2.24) is 0 Å². The number of hydrogen-bond donors (Lipinski definition) is 2. The van der Waals surface area contributed by atoms with Crippen molar-refractivity contribution in [2.75, 3.05) is 0 Å². The summed E-state index contributed by atoms with van der Waals surface area (Å²) in [6, 6.07) is 1.41. The first-order chi connectivity index (χ1) is 8.12. The lowest BCUT2D eigenvalue weighted by molar-refractivity contribution is -0.137. The average molecular weight is 325 g/mol. The Balaban J connectivity index is 3.41. The van der Waals surface area contributed by atoms with Gasteiger partial charge in [-0.2, -0.15) is 13.2 Å². The third-order valence-corrected chi connectivity index (χ3v) is 2.73. The molecule has 0 radical (unpaired) electrons. The van der Waals surface area contributed by atoms with Crippen molar-refractivity contribution >= 4 is 28.0 Å². The van der Waals surface area contributed by atoms with Gasteiger partial charge in [0.2, 0.25) is 0 Å². The molecule has 0 saturated carbocycles. The highest BCUT2D eigenvalue weighted by atomic mass is 79.9. The molecule has 0 fully saturated rings. The number of rotatable bonds is 2. The van der Waals surface area contributed by atoms with Crippen LogP contribution >= 0.6 is 15.9 Å². The minimum atomic E-state index is -4.57. The van der Waals surface area contributed by atoms with E-state index in [4.69, 9.17) is 5.11 Å². The maximum Gasteiger partial charge on any atom is 0.416 e. The molecule has 1 aromatic rings. The number of benzene rings is 1. The lowest BCUT2D eigenvalue weighted by atomic mass is 10.1. The molecule has 0 aromatic heterocycles. The molecule has 1 aromatic carbocycles. The van der Waals surface area contributed by atoms with Gasteiger partial charge in [0.05, 0.1) is 10.0 Å². The second kappa shape index (κ2) is 5.01. The van der Waals surface area contributed by atoms with E-state index < -0.39 is 23.5 Å². The quantitative estimate of drug-likeness (QED) is 0.816. The highest BCUT2D eigenvalue weighted by Gasteiger charge is 2.31. The van der Waals surface area contributed by atoms with Crippen LogP contribution in [0.25, 0.3) is 6.08 Å². The summed E-state index contributed by atoms with van der Waals surface area (Å²) < 4.78 is 37.5. The molecule has 0 bridgehead atoms. The van der Waals surface area contributed by atoms with Gasteiger partial charge in [-0.3, -0.25) is 0 Å². The Morgan fingerprint density at radius 2 is 1.94 bits per heavy atom. The monoisotopic (exact) mass is 324 g/mol. The van der Waals surface area contributed by atoms with Gasteiger partial charge in [0.1, 0.15) is 5.75 Å². The van der Waals surface area contributed by atoms with Crippen LogP contribution in [-0.4, -0.2) is 16.2 Å². The summed E-state index contributed by atoms with van der Waals surface area (Å²) in [4.78, 5) is 10.6. The molecule has 1 rings (SSSR count). The highest BCUT2D eigenvalue weighted by Crippen LogP contribution is 2.37. The van der Waals surface area contributed by atoms with E-state index in [2.05, 4.69) is 15.9 Å². The number of halogens is 4. The molecule has 3 nitrogen and oxygen atoms in total. The fourth-order valence-electron chi connectivity index (χ4n) is 1.19. The van der Waals surface area contributed by atoms with Gasteiger partial charge in [-0.05, 0) is 41.1 Å². The van der Waals surface area contributed by atoms with Gasteiger partial charge < -0.3 is 10.2 Å². The van der Waals surface area contributed by atoms with Gasteiger partial charge in [-0.1, -0.05) is 0 Å². The molecule has 0 amide bonds. The second-order valence-corrected chi connectivity index (χ2v) is 4.38. The van der Waals surface area contributed by atoms with Crippen LogP contribution in [0.1, 0.15) is 18.1 Å². The Morgan fingerprint density at radius 3 is 2.39 bits per heavy atom. The van der Waals surface area contributed by atoms with Crippen molar-refractivity contribution in [2.45, 2.75) is 13.1 Å². The molecule has 0 aliphatic rings. The Morgan fingerprint density at radius 1 is 1.39 bits per heavy atom. The van der Waals surface area contributed by atoms with E-state index in [0.717, 1.165) is 12.1 Å². The Labute approximate surface area is 109 Å². The van der Waals surface area contributed by atoms with Crippen LogP contribution in [0.5, 0.6) is 5.75 Å². The van der Waals surface area contributed by atoms with Gasteiger partial charge in [0.15, 0.2) is 0 Å². The molecule has 0 spiro atoms. The largest absolute Gasteiger partial charge is 0.506 e. The van der Waals surface area contributed by atoms with Crippen LogP contribution in [0.15, 0.2) is 22.2 Å². The fraction of sp³-hybridized carbons (Fsp3) is 0.182. The molecule has 0 atom stereocenters. The zero-order valence-electron chi connectivity index (χ0n) is 9.05. The molecule has 0 aliphatic carbocycles. The van der Waals surface area contributed by atoms with Crippen molar-refractivity contribution in [3.63, 3.8) is 0 Å². The van der Waals surface area contributed by atoms with Gasteiger partial charge in [0.25, 0.3) is 0 Å². The minimum absolute atomic E-state index is 0.151. The lowest BCUT2D eigenvalue weighted by Gasteiger charge is -2.10. The fourth-order valence-corrected chi connectivity index (χ4v) is 1.66. The van der Waals surface area contributed by atoms with Crippen molar-refractivity contribution < 1.29 is 28.2 Å². The minimum Gasteiger partial charge on any atom is -0.506 e. The Hall–Kier alpha value is -1.50. The van der Waals surface area contributed by atoms with E-state index in [1.54, 1.807) is 0 Å². The predicted octanol–water partition coefficient (Wildman–Crippen LogP) is 3.66. The standard InChI is InChI=1S/C11H8BrF3O3/c1-5(10(17)18)2-6-3-7(11(13,14)15)4-8(12)9(6)16/h2-4,16H,1H3,(H,17,18)/b5-2+. The molecule has 98 valence electrons. The van der Waals surface area contributed by atoms with Gasteiger partial charge in [0, 0.05) is 11.1 Å². The van der Waals surface area contributed by atoms with Crippen LogP contribution in [0, 0.1) is 0 Å². The van der Waals surface area contributed by atoms with Gasteiger partial charge >= 0.3 is 12.1 Å². The Bertz CT molecular complexity index is 521. The van der Waals surface area contributed by atoms with E-state index in [1.807, 2.05) is 0 Å². The summed E-state index contributed by atoms with van der Waals surface area (Å²) in [5.74, 6) is -1.72. The number of carbonyl (C=O) groups is 1. The average Bonchev–Trinajstić information content (AvgIpc) is 2.22. The van der Waals surface area contributed by atoms with Crippen LogP contribution < -0.4 is 0 Å². The molecule has 7 heteroatoms.